The summed E-state index contributed by atoms with van der Waals surface area (Å²) in [5, 5.41) is 3.26. The number of hydrogen-bond donors (Lipinski definition) is 1. The van der Waals surface area contributed by atoms with Gasteiger partial charge in [0.15, 0.2) is 5.17 Å². The van der Waals surface area contributed by atoms with Crippen LogP contribution in [-0.4, -0.2) is 33.7 Å². The maximum absolute atomic E-state index is 12.8. The molecule has 0 spiro atoms. The Morgan fingerprint density at radius 3 is 2.72 bits per heavy atom. The van der Waals surface area contributed by atoms with Gasteiger partial charge in [-0.05, 0) is 49.2 Å². The first-order valence-corrected chi connectivity index (χ1v) is 10.4. The topological polar surface area (TPSA) is 61.8 Å². The summed E-state index contributed by atoms with van der Waals surface area (Å²) in [6.07, 6.45) is 1.69. The average Bonchev–Trinajstić information content (AvgIpc) is 2.95. The molecule has 29 heavy (non-hydrogen) atoms. The van der Waals surface area contributed by atoms with Crippen LogP contribution in [0.15, 0.2) is 60.1 Å². The van der Waals surface area contributed by atoms with Crippen LogP contribution in [0.25, 0.3) is 0 Å². The molecule has 1 N–H and O–H groups in total. The van der Waals surface area contributed by atoms with Crippen LogP contribution >= 0.6 is 23.4 Å². The van der Waals surface area contributed by atoms with Crippen molar-refractivity contribution in [3.8, 4) is 0 Å². The van der Waals surface area contributed by atoms with Crippen molar-refractivity contribution in [3.63, 3.8) is 0 Å². The molecule has 1 unspecified atom stereocenters. The standard InChI is InChI=1S/C22H22ClN3O2S/c1-4-11-26-21(28)19(13-20(27)25-18-8-6-5-7-17(18)23)29-22(26)24-16-10-9-14(2)15(3)12-16/h4-10,12,19H,1,11,13H2,2-3H3,(H,25,27). The quantitative estimate of drug-likeness (QED) is 0.652. The second-order valence-electron chi connectivity index (χ2n) is 6.74. The van der Waals surface area contributed by atoms with Crippen molar-refractivity contribution in [3.05, 3.63) is 71.3 Å². The van der Waals surface area contributed by atoms with Crippen LogP contribution in [0.2, 0.25) is 5.02 Å². The van der Waals surface area contributed by atoms with Crippen molar-refractivity contribution in [2.45, 2.75) is 25.5 Å². The number of aryl methyl sites for hydroxylation is 2. The lowest BCUT2D eigenvalue weighted by Gasteiger charge is -2.14. The summed E-state index contributed by atoms with van der Waals surface area (Å²) in [7, 11) is 0. The van der Waals surface area contributed by atoms with Crippen molar-refractivity contribution < 1.29 is 9.59 Å². The molecule has 7 heteroatoms. The monoisotopic (exact) mass is 427 g/mol. The van der Waals surface area contributed by atoms with Gasteiger partial charge in [-0.25, -0.2) is 4.99 Å². The van der Waals surface area contributed by atoms with Crippen molar-refractivity contribution in [1.29, 1.82) is 0 Å². The molecule has 2 amide bonds. The van der Waals surface area contributed by atoms with Gasteiger partial charge in [0.05, 0.1) is 16.4 Å². The summed E-state index contributed by atoms with van der Waals surface area (Å²) in [5.74, 6) is -0.415. The van der Waals surface area contributed by atoms with Crippen LogP contribution in [0.1, 0.15) is 17.5 Å². The van der Waals surface area contributed by atoms with Crippen molar-refractivity contribution in [2.75, 3.05) is 11.9 Å². The number of nitrogens with one attached hydrogen (secondary N) is 1. The summed E-state index contributed by atoms with van der Waals surface area (Å²) in [6, 6.07) is 12.9. The Morgan fingerprint density at radius 1 is 1.28 bits per heavy atom. The second kappa shape index (κ2) is 9.29. The predicted octanol–water partition coefficient (Wildman–Crippen LogP) is 5.10. The molecule has 2 aromatic carbocycles. The molecule has 0 aliphatic carbocycles. The highest BCUT2D eigenvalue weighted by Gasteiger charge is 2.38. The second-order valence-corrected chi connectivity index (χ2v) is 8.32. The smallest absolute Gasteiger partial charge is 0.242 e. The first-order valence-electron chi connectivity index (χ1n) is 9.18. The number of aliphatic imine (C=N–C) groups is 1. The summed E-state index contributed by atoms with van der Waals surface area (Å²) in [6.45, 7) is 8.13. The van der Waals surface area contributed by atoms with Gasteiger partial charge in [0.2, 0.25) is 11.8 Å². The molecule has 1 aliphatic heterocycles. The molecule has 1 fully saturated rings. The third kappa shape index (κ3) is 5.08. The van der Waals surface area contributed by atoms with Crippen LogP contribution in [0.3, 0.4) is 0 Å². The van der Waals surface area contributed by atoms with E-state index in [-0.39, 0.29) is 18.2 Å². The van der Waals surface area contributed by atoms with Crippen LogP contribution in [0.4, 0.5) is 11.4 Å². The molecule has 2 aromatic rings. The number of benzene rings is 2. The highest BCUT2D eigenvalue weighted by Crippen LogP contribution is 2.32. The fraction of sp³-hybridized carbons (Fsp3) is 0.227. The minimum absolute atomic E-state index is 0.0360. The van der Waals surface area contributed by atoms with E-state index in [2.05, 4.69) is 16.9 Å². The minimum atomic E-state index is -0.539. The van der Waals surface area contributed by atoms with Crippen LogP contribution in [-0.2, 0) is 9.59 Å². The first kappa shape index (κ1) is 21.1. The third-order valence-corrected chi connectivity index (χ3v) is 6.07. The van der Waals surface area contributed by atoms with E-state index in [0.29, 0.717) is 22.4 Å². The van der Waals surface area contributed by atoms with E-state index >= 15 is 0 Å². The van der Waals surface area contributed by atoms with Gasteiger partial charge in [-0.15, -0.1) is 6.58 Å². The Hall–Kier alpha value is -2.57. The van der Waals surface area contributed by atoms with Crippen LogP contribution in [0, 0.1) is 13.8 Å². The van der Waals surface area contributed by atoms with Crippen molar-refractivity contribution >= 4 is 51.7 Å². The number of hydrogen-bond acceptors (Lipinski definition) is 4. The van der Waals surface area contributed by atoms with E-state index in [4.69, 9.17) is 11.6 Å². The summed E-state index contributed by atoms with van der Waals surface area (Å²) in [4.78, 5) is 31.5. The molecule has 1 aliphatic rings. The molecule has 0 aromatic heterocycles. The Labute approximate surface area is 179 Å². The summed E-state index contributed by atoms with van der Waals surface area (Å²) in [5.41, 5.74) is 3.62. The lowest BCUT2D eigenvalue weighted by Crippen LogP contribution is -2.33. The van der Waals surface area contributed by atoms with Gasteiger partial charge >= 0.3 is 0 Å². The van der Waals surface area contributed by atoms with Gasteiger partial charge in [-0.2, -0.15) is 0 Å². The van der Waals surface area contributed by atoms with Gasteiger partial charge < -0.3 is 5.32 Å². The fourth-order valence-electron chi connectivity index (χ4n) is 2.86. The SMILES string of the molecule is C=CCN1C(=O)C(CC(=O)Nc2ccccc2Cl)SC1=Nc1ccc(C)c(C)c1. The van der Waals surface area contributed by atoms with Crippen molar-refractivity contribution in [2.24, 2.45) is 4.99 Å². The normalized spacial score (nSPS) is 17.6. The zero-order valence-corrected chi connectivity index (χ0v) is 17.9. The van der Waals surface area contributed by atoms with Crippen LogP contribution in [0.5, 0.6) is 0 Å². The van der Waals surface area contributed by atoms with Gasteiger partial charge in [-0.1, -0.05) is 47.6 Å². The summed E-state index contributed by atoms with van der Waals surface area (Å²) < 4.78 is 0. The number of nitrogens with zero attached hydrogens (tertiary/aromatic N) is 2. The maximum atomic E-state index is 12.8. The number of rotatable bonds is 6. The Kier molecular flexibility index (Phi) is 6.77. The number of carbonyl (C=O) groups is 2. The van der Waals surface area contributed by atoms with E-state index in [1.807, 2.05) is 32.0 Å². The molecule has 0 saturated carbocycles. The van der Waals surface area contributed by atoms with E-state index in [9.17, 15) is 9.59 Å². The molecule has 0 radical (unpaired) electrons. The van der Waals surface area contributed by atoms with E-state index < -0.39 is 5.25 Å². The van der Waals surface area contributed by atoms with Crippen LogP contribution < -0.4 is 5.32 Å². The lowest BCUT2D eigenvalue weighted by atomic mass is 10.1. The number of thioether (sulfide) groups is 1. The molecule has 5 nitrogen and oxygen atoms in total. The largest absolute Gasteiger partial charge is 0.325 e. The molecule has 0 bridgehead atoms. The lowest BCUT2D eigenvalue weighted by molar-refractivity contribution is -0.127. The zero-order valence-electron chi connectivity index (χ0n) is 16.3. The van der Waals surface area contributed by atoms with Gasteiger partial charge in [0, 0.05) is 13.0 Å². The molecular weight excluding hydrogens is 406 g/mol. The summed E-state index contributed by atoms with van der Waals surface area (Å²) >= 11 is 7.39. The zero-order chi connectivity index (χ0) is 21.0. The Bertz CT molecular complexity index is 990. The molecule has 1 heterocycles. The first-order chi connectivity index (χ1) is 13.9. The minimum Gasteiger partial charge on any atom is -0.325 e. The fourth-order valence-corrected chi connectivity index (χ4v) is 4.21. The number of para-hydroxylation sites is 1. The Morgan fingerprint density at radius 2 is 2.03 bits per heavy atom. The molecule has 150 valence electrons. The van der Waals surface area contributed by atoms with E-state index in [0.717, 1.165) is 11.3 Å². The van der Waals surface area contributed by atoms with Gasteiger partial charge in [0.25, 0.3) is 0 Å². The molecule has 1 saturated heterocycles. The molecular formula is C22H22ClN3O2S. The van der Waals surface area contributed by atoms with Gasteiger partial charge in [-0.3, -0.25) is 14.5 Å². The van der Waals surface area contributed by atoms with E-state index in [1.54, 1.807) is 35.2 Å². The highest BCUT2D eigenvalue weighted by atomic mass is 35.5. The number of anilines is 1. The number of amides is 2. The van der Waals surface area contributed by atoms with Crippen molar-refractivity contribution in [1.82, 2.24) is 4.90 Å². The van der Waals surface area contributed by atoms with Gasteiger partial charge in [0.1, 0.15) is 5.25 Å². The Balaban J connectivity index is 1.76. The molecule has 3 rings (SSSR count). The maximum Gasteiger partial charge on any atom is 0.242 e. The number of amidine groups is 1. The predicted molar refractivity (Wildman–Crippen MR) is 121 cm³/mol. The average molecular weight is 428 g/mol. The number of halogens is 1. The third-order valence-electron chi connectivity index (χ3n) is 4.57. The highest BCUT2D eigenvalue weighted by molar-refractivity contribution is 8.15. The molecule has 1 atom stereocenters. The number of carbonyl (C=O) groups excluding carboxylic acids is 2. The van der Waals surface area contributed by atoms with E-state index in [1.165, 1.54) is 17.3 Å².